The van der Waals surface area contributed by atoms with Gasteiger partial charge in [0.25, 0.3) is 0 Å². The monoisotopic (exact) mass is 1280 g/mol. The molecule has 0 bridgehead atoms. The molecule has 0 radical (unpaired) electrons. The summed E-state index contributed by atoms with van der Waals surface area (Å²) in [6.07, 6.45) is 32.7. The van der Waals surface area contributed by atoms with Crippen molar-refractivity contribution in [2.75, 3.05) is 0 Å². The van der Waals surface area contributed by atoms with Crippen LogP contribution in [0.1, 0.15) is 115 Å². The molecule has 1 atom stereocenters. The number of benzene rings is 11. The molecule has 99 heavy (non-hydrogen) atoms. The van der Waals surface area contributed by atoms with Crippen molar-refractivity contribution in [1.29, 1.82) is 0 Å². The minimum atomic E-state index is 0.567. The lowest BCUT2D eigenvalue weighted by atomic mass is 9.80. The van der Waals surface area contributed by atoms with E-state index in [0.717, 1.165) is 115 Å². The van der Waals surface area contributed by atoms with E-state index in [1.165, 1.54) is 91.4 Å². The lowest BCUT2D eigenvalue weighted by molar-refractivity contribution is 0.689. The molecule has 0 saturated carbocycles. The average Bonchev–Trinajstić information content (AvgIpc) is 1.26. The third-order valence-electron chi connectivity index (χ3n) is 19.1. The van der Waals surface area contributed by atoms with Gasteiger partial charge in [-0.1, -0.05) is 314 Å². The third kappa shape index (κ3) is 15.7. The lowest BCUT2D eigenvalue weighted by Gasteiger charge is -2.23. The van der Waals surface area contributed by atoms with Crippen molar-refractivity contribution in [1.82, 2.24) is 9.55 Å². The Morgan fingerprint density at radius 1 is 0.444 bits per heavy atom. The van der Waals surface area contributed by atoms with Crippen molar-refractivity contribution in [3.05, 3.63) is 343 Å². The van der Waals surface area contributed by atoms with Gasteiger partial charge in [-0.15, -0.1) is 0 Å². The molecule has 1 heterocycles. The number of rotatable bonds is 14. The molecule has 1 unspecified atom stereocenters. The van der Waals surface area contributed by atoms with Crippen molar-refractivity contribution in [2.24, 2.45) is 13.0 Å². The van der Waals surface area contributed by atoms with Crippen LogP contribution in [0.25, 0.3) is 134 Å². The first-order chi connectivity index (χ1) is 48.6. The fraction of sp³-hybridized carbons (Fsp3) is 0.165. The van der Waals surface area contributed by atoms with Crippen molar-refractivity contribution in [3.63, 3.8) is 0 Å². The molecule has 15 rings (SSSR count). The van der Waals surface area contributed by atoms with E-state index >= 15 is 0 Å². The van der Waals surface area contributed by atoms with Gasteiger partial charge in [0.15, 0.2) is 0 Å². The summed E-state index contributed by atoms with van der Waals surface area (Å²) < 4.78 is 2.22. The molecule has 490 valence electrons. The van der Waals surface area contributed by atoms with Crippen molar-refractivity contribution in [2.45, 2.75) is 93.4 Å². The molecule has 2 nitrogen and oxygen atoms in total. The molecule has 0 fully saturated rings. The molecule has 0 aliphatic heterocycles. The molecule has 0 saturated heterocycles. The SMILES string of the molecule is C=Cc1c(/C=C\Cc2ccc(-c3ccc4c(c3)nc(C3=CCCC=C3)n4C)cc2)c(-c2cc(-c3ccccc3)cc(-c3ccccc3)c2)c2cc(-c3ccc(C4=CCC(C)C(C)=C4)cc3)ccc2c1-c1cc(-c2ccccc2)cc(-c2ccccc2)c1.CC.CC1=CCCC=C1.CCC. The molecule has 1 aromatic heterocycles. The summed E-state index contributed by atoms with van der Waals surface area (Å²) in [4.78, 5) is 5.14. The number of hydrogen-bond acceptors (Lipinski definition) is 1. The van der Waals surface area contributed by atoms with Gasteiger partial charge in [0.1, 0.15) is 5.82 Å². The van der Waals surface area contributed by atoms with Crippen LogP contribution >= 0.6 is 0 Å². The van der Waals surface area contributed by atoms with E-state index < -0.39 is 0 Å². The van der Waals surface area contributed by atoms with E-state index in [9.17, 15) is 0 Å². The van der Waals surface area contributed by atoms with Gasteiger partial charge >= 0.3 is 0 Å². The Hall–Kier alpha value is -10.9. The second-order valence-corrected chi connectivity index (χ2v) is 26.1. The normalized spacial score (nSPS) is 14.0. The van der Waals surface area contributed by atoms with Crippen LogP contribution in [0.4, 0.5) is 0 Å². The van der Waals surface area contributed by atoms with Gasteiger partial charge in [-0.25, -0.2) is 4.98 Å². The molecule has 3 aliphatic rings. The van der Waals surface area contributed by atoms with E-state index in [1.54, 1.807) is 0 Å². The van der Waals surface area contributed by atoms with Crippen LogP contribution in [0.15, 0.2) is 315 Å². The van der Waals surface area contributed by atoms with Crippen LogP contribution in [-0.2, 0) is 13.5 Å². The van der Waals surface area contributed by atoms with E-state index in [4.69, 9.17) is 11.6 Å². The summed E-state index contributed by atoms with van der Waals surface area (Å²) in [5.74, 6) is 1.58. The largest absolute Gasteiger partial charge is 0.327 e. The average molecular weight is 1290 g/mol. The Kier molecular flexibility index (Phi) is 22.3. The van der Waals surface area contributed by atoms with Gasteiger partial charge in [0.05, 0.1) is 11.0 Å². The predicted molar refractivity (Wildman–Crippen MR) is 432 cm³/mol. The zero-order valence-corrected chi connectivity index (χ0v) is 59.1. The first kappa shape index (κ1) is 68.0. The number of hydrogen-bond donors (Lipinski definition) is 0. The number of allylic oxidation sites excluding steroid dienone is 13. The van der Waals surface area contributed by atoms with E-state index in [1.807, 2.05) is 13.8 Å². The zero-order valence-electron chi connectivity index (χ0n) is 59.1. The highest BCUT2D eigenvalue weighted by atomic mass is 15.1. The second kappa shape index (κ2) is 32.4. The Morgan fingerprint density at radius 2 is 0.899 bits per heavy atom. The van der Waals surface area contributed by atoms with Crippen LogP contribution in [0.5, 0.6) is 0 Å². The first-order valence-electron chi connectivity index (χ1n) is 35.8. The summed E-state index contributed by atoms with van der Waals surface area (Å²) in [6, 6.07) is 89.7. The quantitative estimate of drug-likeness (QED) is 0.106. The van der Waals surface area contributed by atoms with Crippen molar-refractivity contribution < 1.29 is 0 Å². The summed E-state index contributed by atoms with van der Waals surface area (Å²) in [7, 11) is 2.12. The molecular weight excluding hydrogens is 1190 g/mol. The number of aryl methyl sites for hydroxylation is 1. The maximum atomic E-state index is 5.14. The maximum Gasteiger partial charge on any atom is 0.140 e. The number of imidazole rings is 1. The molecule has 3 aliphatic carbocycles. The molecule has 11 aromatic carbocycles. The molecule has 0 N–H and O–H groups in total. The Labute approximate surface area is 589 Å². The van der Waals surface area contributed by atoms with Crippen LogP contribution in [0.2, 0.25) is 0 Å². The highest BCUT2D eigenvalue weighted by Crippen LogP contribution is 2.48. The van der Waals surface area contributed by atoms with Gasteiger partial charge in [0, 0.05) is 12.6 Å². The first-order valence-corrected chi connectivity index (χ1v) is 35.8. The lowest BCUT2D eigenvalue weighted by Crippen LogP contribution is -2.00. The topological polar surface area (TPSA) is 17.8 Å². The van der Waals surface area contributed by atoms with Crippen LogP contribution in [0.3, 0.4) is 0 Å². The van der Waals surface area contributed by atoms with E-state index in [2.05, 4.69) is 356 Å². The number of aromatic nitrogens is 2. The molecule has 0 spiro atoms. The Bertz CT molecular complexity index is 4910. The summed E-state index contributed by atoms with van der Waals surface area (Å²) >= 11 is 0. The molecule has 2 heteroatoms. The van der Waals surface area contributed by atoms with Gasteiger partial charge < -0.3 is 4.57 Å². The minimum Gasteiger partial charge on any atom is -0.327 e. The third-order valence-corrected chi connectivity index (χ3v) is 19.1. The van der Waals surface area contributed by atoms with Gasteiger partial charge in [-0.3, -0.25) is 0 Å². The molecule has 12 aromatic rings. The number of fused-ring (bicyclic) bond motifs is 2. The zero-order chi connectivity index (χ0) is 68.6. The van der Waals surface area contributed by atoms with Crippen LogP contribution < -0.4 is 0 Å². The maximum absolute atomic E-state index is 5.14. The predicted octanol–water partition coefficient (Wildman–Crippen LogP) is 27.8. The van der Waals surface area contributed by atoms with Gasteiger partial charge in [-0.05, 0) is 241 Å². The van der Waals surface area contributed by atoms with E-state index in [-0.39, 0.29) is 0 Å². The summed E-state index contributed by atoms with van der Waals surface area (Å²) in [5.41, 5.74) is 30.7. The highest BCUT2D eigenvalue weighted by Gasteiger charge is 2.23. The minimum absolute atomic E-state index is 0.567. The number of nitrogens with zero attached hydrogens (tertiary/aromatic N) is 2. The van der Waals surface area contributed by atoms with Crippen molar-refractivity contribution in [3.8, 4) is 89.0 Å². The highest BCUT2D eigenvalue weighted by molar-refractivity contribution is 6.14. The Balaban J connectivity index is 0.000000714. The molecule has 0 amide bonds. The van der Waals surface area contributed by atoms with Gasteiger partial charge in [-0.2, -0.15) is 0 Å². The fourth-order valence-electron chi connectivity index (χ4n) is 13.7. The second-order valence-electron chi connectivity index (χ2n) is 26.1. The van der Waals surface area contributed by atoms with Crippen molar-refractivity contribution >= 4 is 45.1 Å². The Morgan fingerprint density at radius 3 is 1.37 bits per heavy atom. The van der Waals surface area contributed by atoms with Crippen LogP contribution in [-0.4, -0.2) is 9.55 Å². The molecular formula is C97H92N2. The summed E-state index contributed by atoms with van der Waals surface area (Å²) in [6.45, 7) is 19.7. The van der Waals surface area contributed by atoms with Crippen LogP contribution in [0, 0.1) is 5.92 Å². The van der Waals surface area contributed by atoms with E-state index in [0.29, 0.717) is 5.92 Å². The summed E-state index contributed by atoms with van der Waals surface area (Å²) in [5, 5.41) is 2.33. The smallest absolute Gasteiger partial charge is 0.140 e. The van der Waals surface area contributed by atoms with Gasteiger partial charge in [0.2, 0.25) is 0 Å². The standard InChI is InChI=1S/C85H68N2.C7H10.C3H8.C2H6/c1-5-77-78(33-21-22-59-35-38-64(39-36-59)70-45-47-82-81(56-70)86-85(87(82)4)67-31-19-10-20-32-67)84(76-53-73(62-27-15-8-16-28-62)50-74(54-76)63-29-17-9-18-30-63)80-55-69(66-42-40-65(41-43-66)68-37-34-57(2)58(3)48-68)44-46-79(80)83(77)75-51-71(60-23-11-6-12-24-60)49-72(52-75)61-25-13-7-14-26-61;1-7-5-3-2-4-6-7;1-3-2;1-2/h5-9,11-19,21,23-33,35-57H,1,10,20,22,34H2,2-4H3;3,5-6H,2,4H2,1H3;3H2,1-2H3;1-2H3/b33-21-;;;. The fourth-order valence-corrected chi connectivity index (χ4v) is 13.7.